The van der Waals surface area contributed by atoms with Crippen LogP contribution in [0.4, 0.5) is 5.69 Å². The molecule has 1 unspecified atom stereocenters. The number of hydrogen-bond acceptors (Lipinski definition) is 5. The van der Waals surface area contributed by atoms with Crippen molar-refractivity contribution in [1.82, 2.24) is 10.2 Å². The number of carbonyl (C=O) groups excluding carboxylic acids is 2. The van der Waals surface area contributed by atoms with Gasteiger partial charge in [0.15, 0.2) is 0 Å². The van der Waals surface area contributed by atoms with E-state index in [2.05, 4.69) is 5.32 Å². The summed E-state index contributed by atoms with van der Waals surface area (Å²) in [5.74, 6) is 0.0676. The van der Waals surface area contributed by atoms with E-state index >= 15 is 0 Å². The number of nitrogens with one attached hydrogen (secondary N) is 1. The van der Waals surface area contributed by atoms with Crippen molar-refractivity contribution in [3.8, 4) is 5.75 Å². The second-order valence-corrected chi connectivity index (χ2v) is 12.6. The summed E-state index contributed by atoms with van der Waals surface area (Å²) >= 11 is 6.02. The van der Waals surface area contributed by atoms with E-state index in [0.29, 0.717) is 42.5 Å². The number of nitrogens with zero attached hydrogens (tertiary/aromatic N) is 2. The zero-order valence-electron chi connectivity index (χ0n) is 24.6. The Kier molecular flexibility index (Phi) is 12.2. The highest BCUT2D eigenvalue weighted by atomic mass is 35.5. The minimum atomic E-state index is -4.18. The number of halogens is 1. The van der Waals surface area contributed by atoms with E-state index in [9.17, 15) is 18.0 Å². The van der Waals surface area contributed by atoms with Gasteiger partial charge in [0.25, 0.3) is 10.0 Å². The number of ether oxygens (including phenoxy) is 1. The molecule has 0 spiro atoms. The fourth-order valence-electron chi connectivity index (χ4n) is 4.46. The Hall–Kier alpha value is -3.56. The van der Waals surface area contributed by atoms with E-state index in [-0.39, 0.29) is 23.3 Å². The molecule has 2 amide bonds. The molecule has 0 saturated carbocycles. The van der Waals surface area contributed by atoms with Gasteiger partial charge in [-0.05, 0) is 79.8 Å². The first kappa shape index (κ1) is 32.9. The van der Waals surface area contributed by atoms with Gasteiger partial charge < -0.3 is 15.0 Å². The summed E-state index contributed by atoms with van der Waals surface area (Å²) in [7, 11) is -4.18. The average molecular weight is 614 g/mol. The molecular formula is C32H40ClN3O5S. The quantitative estimate of drug-likeness (QED) is 0.242. The van der Waals surface area contributed by atoms with Gasteiger partial charge in [-0.15, -0.1) is 0 Å². The number of anilines is 1. The van der Waals surface area contributed by atoms with Crippen molar-refractivity contribution in [3.63, 3.8) is 0 Å². The molecule has 8 nitrogen and oxygen atoms in total. The van der Waals surface area contributed by atoms with Crippen molar-refractivity contribution in [2.45, 2.75) is 51.5 Å². The van der Waals surface area contributed by atoms with Crippen molar-refractivity contribution in [3.05, 3.63) is 89.4 Å². The van der Waals surface area contributed by atoms with E-state index in [4.69, 9.17) is 16.3 Å². The Morgan fingerprint density at radius 3 is 2.14 bits per heavy atom. The van der Waals surface area contributed by atoms with E-state index in [1.807, 2.05) is 58.0 Å². The molecule has 3 aromatic rings. The molecule has 3 aromatic carbocycles. The first-order valence-electron chi connectivity index (χ1n) is 14.2. The van der Waals surface area contributed by atoms with Crippen molar-refractivity contribution in [1.29, 1.82) is 0 Å². The summed E-state index contributed by atoms with van der Waals surface area (Å²) in [6.45, 7) is 8.37. The lowest BCUT2D eigenvalue weighted by atomic mass is 10.1. The van der Waals surface area contributed by atoms with Crippen LogP contribution in [0, 0.1) is 5.92 Å². The second-order valence-electron chi connectivity index (χ2n) is 10.3. The maximum absolute atomic E-state index is 14.1. The molecule has 0 saturated heterocycles. The van der Waals surface area contributed by atoms with Crippen molar-refractivity contribution in [2.75, 3.05) is 30.5 Å². The molecule has 1 atom stereocenters. The SMILES string of the molecule is CCOc1ccc(N(CC(=O)N(CCc2ccccc2)C(CC)C(=O)NCC(C)C)S(=O)(=O)c2ccc(Cl)cc2)cc1. The Bertz CT molecular complexity index is 1400. The fraction of sp³-hybridized carbons (Fsp3) is 0.375. The van der Waals surface area contributed by atoms with E-state index in [1.165, 1.54) is 29.2 Å². The minimum Gasteiger partial charge on any atom is -0.494 e. The largest absolute Gasteiger partial charge is 0.494 e. The highest BCUT2D eigenvalue weighted by molar-refractivity contribution is 7.92. The highest BCUT2D eigenvalue weighted by Gasteiger charge is 2.33. The van der Waals surface area contributed by atoms with Gasteiger partial charge in [-0.2, -0.15) is 0 Å². The number of amides is 2. The molecule has 0 heterocycles. The van der Waals surface area contributed by atoms with Gasteiger partial charge in [0.2, 0.25) is 11.8 Å². The first-order valence-corrected chi connectivity index (χ1v) is 16.0. The molecule has 0 fully saturated rings. The Labute approximate surface area is 254 Å². The van der Waals surface area contributed by atoms with Crippen LogP contribution in [0.3, 0.4) is 0 Å². The van der Waals surface area contributed by atoms with Gasteiger partial charge in [-0.1, -0.05) is 62.7 Å². The molecule has 226 valence electrons. The van der Waals surface area contributed by atoms with Crippen molar-refractivity contribution >= 4 is 39.1 Å². The molecule has 0 aliphatic rings. The van der Waals surface area contributed by atoms with E-state index in [0.717, 1.165) is 9.87 Å². The number of rotatable bonds is 15. The molecule has 0 radical (unpaired) electrons. The van der Waals surface area contributed by atoms with Gasteiger partial charge in [-0.25, -0.2) is 8.42 Å². The number of carbonyl (C=O) groups is 2. The molecule has 1 N–H and O–H groups in total. The topological polar surface area (TPSA) is 96.0 Å². The zero-order valence-corrected chi connectivity index (χ0v) is 26.2. The van der Waals surface area contributed by atoms with Crippen LogP contribution >= 0.6 is 11.6 Å². The van der Waals surface area contributed by atoms with Crippen LogP contribution in [-0.4, -0.2) is 57.4 Å². The lowest BCUT2D eigenvalue weighted by molar-refractivity contribution is -0.139. The average Bonchev–Trinajstić information content (AvgIpc) is 2.98. The monoisotopic (exact) mass is 613 g/mol. The van der Waals surface area contributed by atoms with Crippen LogP contribution in [0.2, 0.25) is 5.02 Å². The maximum Gasteiger partial charge on any atom is 0.264 e. The summed E-state index contributed by atoms with van der Waals surface area (Å²) in [5, 5.41) is 3.33. The van der Waals surface area contributed by atoms with Gasteiger partial charge in [-0.3, -0.25) is 13.9 Å². The highest BCUT2D eigenvalue weighted by Crippen LogP contribution is 2.27. The lowest BCUT2D eigenvalue weighted by Gasteiger charge is -2.33. The number of sulfonamides is 1. The fourth-order valence-corrected chi connectivity index (χ4v) is 6.00. The Morgan fingerprint density at radius 2 is 1.57 bits per heavy atom. The Balaban J connectivity index is 2.00. The molecular weight excluding hydrogens is 574 g/mol. The summed E-state index contributed by atoms with van der Waals surface area (Å²) in [5.41, 5.74) is 1.30. The third kappa shape index (κ3) is 8.97. The minimum absolute atomic E-state index is 0.00821. The van der Waals surface area contributed by atoms with Crippen LogP contribution in [0.25, 0.3) is 0 Å². The molecule has 0 aliphatic carbocycles. The maximum atomic E-state index is 14.1. The summed E-state index contributed by atoms with van der Waals surface area (Å²) in [6, 6.07) is 21.2. The predicted molar refractivity (Wildman–Crippen MR) is 167 cm³/mol. The number of hydrogen-bond donors (Lipinski definition) is 1. The summed E-state index contributed by atoms with van der Waals surface area (Å²) < 4.78 is 34.5. The molecule has 3 rings (SSSR count). The molecule has 0 bridgehead atoms. The third-order valence-electron chi connectivity index (χ3n) is 6.67. The van der Waals surface area contributed by atoms with Crippen LogP contribution in [-0.2, 0) is 26.0 Å². The molecule has 0 aromatic heterocycles. The van der Waals surface area contributed by atoms with Crippen LogP contribution in [0.5, 0.6) is 5.75 Å². The summed E-state index contributed by atoms with van der Waals surface area (Å²) in [6.07, 6.45) is 0.880. The molecule has 10 heteroatoms. The standard InChI is InChI=1S/C32H40ClN3O5S/c1-5-30(32(38)34-22-24(3)4)35(21-20-25-10-8-7-9-11-25)31(37)23-36(27-14-16-28(17-15-27)41-6-2)42(39,40)29-18-12-26(33)13-19-29/h7-19,24,30H,5-6,20-23H2,1-4H3,(H,34,38). The normalized spacial score (nSPS) is 12.0. The third-order valence-corrected chi connectivity index (χ3v) is 8.71. The molecule has 42 heavy (non-hydrogen) atoms. The smallest absolute Gasteiger partial charge is 0.264 e. The summed E-state index contributed by atoms with van der Waals surface area (Å²) in [4.78, 5) is 28.9. The van der Waals surface area contributed by atoms with Gasteiger partial charge in [0.1, 0.15) is 18.3 Å². The van der Waals surface area contributed by atoms with Crippen LogP contribution in [0.1, 0.15) is 39.7 Å². The first-order chi connectivity index (χ1) is 20.1. The Morgan fingerprint density at radius 1 is 0.929 bits per heavy atom. The van der Waals surface area contributed by atoms with Crippen LogP contribution in [0.15, 0.2) is 83.8 Å². The number of benzene rings is 3. The zero-order chi connectivity index (χ0) is 30.7. The van der Waals surface area contributed by atoms with E-state index < -0.39 is 28.5 Å². The van der Waals surface area contributed by atoms with Gasteiger partial charge in [0, 0.05) is 18.1 Å². The van der Waals surface area contributed by atoms with Crippen LogP contribution < -0.4 is 14.4 Å². The lowest BCUT2D eigenvalue weighted by Crippen LogP contribution is -2.53. The predicted octanol–water partition coefficient (Wildman–Crippen LogP) is 5.56. The van der Waals surface area contributed by atoms with Crippen molar-refractivity contribution in [2.24, 2.45) is 5.92 Å². The second kappa shape index (κ2) is 15.6. The van der Waals surface area contributed by atoms with Gasteiger partial charge in [0.05, 0.1) is 17.2 Å². The van der Waals surface area contributed by atoms with Gasteiger partial charge >= 0.3 is 0 Å². The van der Waals surface area contributed by atoms with E-state index in [1.54, 1.807) is 24.3 Å². The van der Waals surface area contributed by atoms with Crippen molar-refractivity contribution < 1.29 is 22.7 Å². The molecule has 0 aliphatic heterocycles.